The smallest absolute Gasteiger partial charge is 0.307 e. The van der Waals surface area contributed by atoms with Crippen LogP contribution in [0.4, 0.5) is 0 Å². The molecule has 0 aromatic rings. The van der Waals surface area contributed by atoms with Crippen LogP contribution in [0.2, 0.25) is 0 Å². The van der Waals surface area contributed by atoms with Crippen molar-refractivity contribution in [1.29, 1.82) is 0 Å². The molecule has 0 radical (unpaired) electrons. The van der Waals surface area contributed by atoms with Gasteiger partial charge in [-0.2, -0.15) is 0 Å². The Morgan fingerprint density at radius 3 is 2.14 bits per heavy atom. The quantitative estimate of drug-likeness (QED) is 0.696. The number of nitrogens with one attached hydrogen (secondary N) is 1. The lowest BCUT2D eigenvalue weighted by molar-refractivity contribution is -0.142. The van der Waals surface area contributed by atoms with Crippen LogP contribution in [-0.2, 0) is 14.3 Å². The van der Waals surface area contributed by atoms with Crippen molar-refractivity contribution < 1.29 is 14.3 Å². The van der Waals surface area contributed by atoms with Crippen LogP contribution in [0.1, 0.15) is 34.1 Å². The third-order valence-electron chi connectivity index (χ3n) is 2.02. The lowest BCUT2D eigenvalue weighted by Gasteiger charge is -2.30. The lowest BCUT2D eigenvalue weighted by atomic mass is 9.85. The van der Waals surface area contributed by atoms with E-state index >= 15 is 0 Å². The summed E-state index contributed by atoms with van der Waals surface area (Å²) in [4.78, 5) is 22.0. The maximum absolute atomic E-state index is 11.1. The van der Waals surface area contributed by atoms with Crippen molar-refractivity contribution in [3.63, 3.8) is 0 Å². The van der Waals surface area contributed by atoms with E-state index in [4.69, 9.17) is 0 Å². The average molecular weight is 201 g/mol. The summed E-state index contributed by atoms with van der Waals surface area (Å²) in [5, 5.41) is 2.75. The Morgan fingerprint density at radius 1 is 1.36 bits per heavy atom. The van der Waals surface area contributed by atoms with Gasteiger partial charge in [0.2, 0.25) is 5.91 Å². The molecule has 0 aliphatic carbocycles. The molecule has 14 heavy (non-hydrogen) atoms. The third kappa shape index (κ3) is 4.84. The van der Waals surface area contributed by atoms with Crippen LogP contribution in [0.25, 0.3) is 0 Å². The molecule has 0 spiro atoms. The Balaban J connectivity index is 4.41. The first-order valence-electron chi connectivity index (χ1n) is 4.61. The topological polar surface area (TPSA) is 55.4 Å². The van der Waals surface area contributed by atoms with Gasteiger partial charge in [0.05, 0.1) is 13.5 Å². The molecule has 1 atom stereocenters. The SMILES string of the molecule is COC(=O)CC(NC(C)=O)C(C)(C)C. The summed E-state index contributed by atoms with van der Waals surface area (Å²) in [7, 11) is 1.34. The Kier molecular flexibility index (Phi) is 4.60. The molecule has 0 aliphatic rings. The van der Waals surface area contributed by atoms with Gasteiger partial charge in [-0.1, -0.05) is 20.8 Å². The summed E-state index contributed by atoms with van der Waals surface area (Å²) in [6, 6.07) is -0.188. The first kappa shape index (κ1) is 12.9. The van der Waals surface area contributed by atoms with Gasteiger partial charge in [-0.3, -0.25) is 9.59 Å². The molecule has 1 amide bonds. The van der Waals surface area contributed by atoms with Crippen molar-refractivity contribution in [1.82, 2.24) is 5.32 Å². The second-order valence-corrected chi connectivity index (χ2v) is 4.40. The molecule has 4 nitrogen and oxygen atoms in total. The van der Waals surface area contributed by atoms with Crippen LogP contribution < -0.4 is 5.32 Å². The molecule has 0 saturated heterocycles. The molecule has 0 rings (SSSR count). The van der Waals surface area contributed by atoms with E-state index in [0.29, 0.717) is 0 Å². The largest absolute Gasteiger partial charge is 0.469 e. The number of amides is 1. The van der Waals surface area contributed by atoms with Crippen molar-refractivity contribution in [2.24, 2.45) is 5.41 Å². The fraction of sp³-hybridized carbons (Fsp3) is 0.800. The number of carbonyl (C=O) groups excluding carboxylic acids is 2. The molecule has 1 unspecified atom stereocenters. The van der Waals surface area contributed by atoms with Gasteiger partial charge >= 0.3 is 5.97 Å². The van der Waals surface area contributed by atoms with Crippen molar-refractivity contribution in [2.45, 2.75) is 40.2 Å². The molecule has 0 bridgehead atoms. The van der Waals surface area contributed by atoms with Crippen LogP contribution in [0, 0.1) is 5.41 Å². The predicted octanol–water partition coefficient (Wildman–Crippen LogP) is 1.10. The molecule has 4 heteroatoms. The Hall–Kier alpha value is -1.06. The Labute approximate surface area is 85.0 Å². The van der Waals surface area contributed by atoms with Gasteiger partial charge in [0, 0.05) is 13.0 Å². The second kappa shape index (κ2) is 4.98. The van der Waals surface area contributed by atoms with Crippen LogP contribution in [0.15, 0.2) is 0 Å². The average Bonchev–Trinajstić information content (AvgIpc) is 2.00. The number of ether oxygens (including phenoxy) is 1. The van der Waals surface area contributed by atoms with E-state index in [1.807, 2.05) is 20.8 Å². The first-order valence-corrected chi connectivity index (χ1v) is 4.61. The van der Waals surface area contributed by atoms with Crippen LogP contribution in [-0.4, -0.2) is 25.0 Å². The molecule has 1 N–H and O–H groups in total. The minimum Gasteiger partial charge on any atom is -0.469 e. The molecule has 0 aromatic carbocycles. The van der Waals surface area contributed by atoms with E-state index in [-0.39, 0.29) is 29.8 Å². The van der Waals surface area contributed by atoms with Gasteiger partial charge < -0.3 is 10.1 Å². The molecule has 0 heterocycles. The zero-order valence-corrected chi connectivity index (χ0v) is 9.51. The molecule has 0 aromatic heterocycles. The minimum atomic E-state index is -0.307. The summed E-state index contributed by atoms with van der Waals surface area (Å²) < 4.78 is 4.57. The van der Waals surface area contributed by atoms with Gasteiger partial charge in [0.15, 0.2) is 0 Å². The highest BCUT2D eigenvalue weighted by Gasteiger charge is 2.27. The highest BCUT2D eigenvalue weighted by molar-refractivity contribution is 5.75. The Morgan fingerprint density at radius 2 is 1.86 bits per heavy atom. The first-order chi connectivity index (χ1) is 6.27. The summed E-state index contributed by atoms with van der Waals surface area (Å²) in [6.45, 7) is 7.35. The molecular formula is C10H19NO3. The van der Waals surface area contributed by atoms with Crippen molar-refractivity contribution in [2.75, 3.05) is 7.11 Å². The molecular weight excluding hydrogens is 182 g/mol. The fourth-order valence-corrected chi connectivity index (χ4v) is 1.07. The third-order valence-corrected chi connectivity index (χ3v) is 2.02. The number of methoxy groups -OCH3 is 1. The summed E-state index contributed by atoms with van der Waals surface area (Å²) in [6.07, 6.45) is 0.208. The number of rotatable bonds is 3. The molecule has 0 fully saturated rings. The van der Waals surface area contributed by atoms with Crippen LogP contribution >= 0.6 is 0 Å². The standard InChI is InChI=1S/C10H19NO3/c1-7(12)11-8(10(2,3)4)6-9(13)14-5/h8H,6H2,1-5H3,(H,11,12). The molecule has 0 aliphatic heterocycles. The van der Waals surface area contributed by atoms with Gasteiger partial charge in [-0.05, 0) is 5.41 Å². The van der Waals surface area contributed by atoms with E-state index in [1.165, 1.54) is 14.0 Å². The summed E-state index contributed by atoms with van der Waals surface area (Å²) >= 11 is 0. The normalized spacial score (nSPS) is 13.2. The maximum Gasteiger partial charge on any atom is 0.307 e. The molecule has 0 saturated carbocycles. The lowest BCUT2D eigenvalue weighted by Crippen LogP contribution is -2.44. The molecule has 82 valence electrons. The summed E-state index contributed by atoms with van der Waals surface area (Å²) in [5.74, 6) is -0.437. The van der Waals surface area contributed by atoms with E-state index < -0.39 is 0 Å². The number of carbonyl (C=O) groups is 2. The summed E-state index contributed by atoms with van der Waals surface area (Å²) in [5.41, 5.74) is -0.153. The van der Waals surface area contributed by atoms with Crippen molar-refractivity contribution in [3.8, 4) is 0 Å². The van der Waals surface area contributed by atoms with Gasteiger partial charge in [0.25, 0.3) is 0 Å². The van der Waals surface area contributed by atoms with E-state index in [2.05, 4.69) is 10.1 Å². The van der Waals surface area contributed by atoms with Crippen molar-refractivity contribution in [3.05, 3.63) is 0 Å². The maximum atomic E-state index is 11.1. The number of hydrogen-bond acceptors (Lipinski definition) is 3. The van der Waals surface area contributed by atoms with E-state index in [9.17, 15) is 9.59 Å². The fourth-order valence-electron chi connectivity index (χ4n) is 1.07. The van der Waals surface area contributed by atoms with E-state index in [1.54, 1.807) is 0 Å². The van der Waals surface area contributed by atoms with Gasteiger partial charge in [0.1, 0.15) is 0 Å². The monoisotopic (exact) mass is 201 g/mol. The predicted molar refractivity (Wildman–Crippen MR) is 53.7 cm³/mol. The number of esters is 1. The number of hydrogen-bond donors (Lipinski definition) is 1. The highest BCUT2D eigenvalue weighted by atomic mass is 16.5. The zero-order chi connectivity index (χ0) is 11.4. The second-order valence-electron chi connectivity index (χ2n) is 4.40. The van der Waals surface area contributed by atoms with Crippen molar-refractivity contribution >= 4 is 11.9 Å². The van der Waals surface area contributed by atoms with Gasteiger partial charge in [-0.25, -0.2) is 0 Å². The van der Waals surface area contributed by atoms with Gasteiger partial charge in [-0.15, -0.1) is 0 Å². The minimum absolute atomic E-state index is 0.131. The Bertz CT molecular complexity index is 218. The van der Waals surface area contributed by atoms with E-state index in [0.717, 1.165) is 0 Å². The zero-order valence-electron chi connectivity index (χ0n) is 9.51. The van der Waals surface area contributed by atoms with Crippen LogP contribution in [0.5, 0.6) is 0 Å². The highest BCUT2D eigenvalue weighted by Crippen LogP contribution is 2.22. The van der Waals surface area contributed by atoms with Crippen LogP contribution in [0.3, 0.4) is 0 Å².